The number of thiophene rings is 1. The maximum atomic E-state index is 11.9. The van der Waals surface area contributed by atoms with Crippen molar-refractivity contribution in [1.29, 1.82) is 0 Å². The number of aromatic nitrogens is 1. The highest BCUT2D eigenvalue weighted by Crippen LogP contribution is 2.16. The third-order valence-electron chi connectivity index (χ3n) is 3.92. The molecule has 0 aliphatic carbocycles. The molecule has 0 atom stereocenters. The lowest BCUT2D eigenvalue weighted by Gasteiger charge is -2.14. The van der Waals surface area contributed by atoms with Gasteiger partial charge in [-0.15, -0.1) is 35.3 Å². The molecule has 0 unspecified atom stereocenters. The quantitative estimate of drug-likeness (QED) is 0.328. The minimum atomic E-state index is -0.0101. The number of aryl methyl sites for hydroxylation is 2. The fraction of sp³-hybridized carbons (Fsp3) is 0.500. The summed E-state index contributed by atoms with van der Waals surface area (Å²) in [7, 11) is 3.47. The Bertz CT molecular complexity index is 707. The summed E-state index contributed by atoms with van der Waals surface area (Å²) in [6, 6.07) is 4.07. The Morgan fingerprint density at radius 1 is 1.30 bits per heavy atom. The fourth-order valence-electron chi connectivity index (χ4n) is 2.35. The summed E-state index contributed by atoms with van der Waals surface area (Å²) in [6.45, 7) is 5.40. The average molecular weight is 505 g/mol. The number of nitrogens with zero attached hydrogens (tertiary/aromatic N) is 3. The van der Waals surface area contributed by atoms with E-state index in [4.69, 9.17) is 4.52 Å². The monoisotopic (exact) mass is 505 g/mol. The second-order valence-electron chi connectivity index (χ2n) is 5.98. The van der Waals surface area contributed by atoms with Gasteiger partial charge in [0.05, 0.1) is 25.3 Å². The van der Waals surface area contributed by atoms with Crippen LogP contribution < -0.4 is 10.6 Å². The van der Waals surface area contributed by atoms with Gasteiger partial charge in [0.15, 0.2) is 5.96 Å². The van der Waals surface area contributed by atoms with Crippen LogP contribution in [0.4, 0.5) is 0 Å². The molecule has 7 nitrogen and oxygen atoms in total. The molecule has 2 N–H and O–H groups in total. The summed E-state index contributed by atoms with van der Waals surface area (Å²) in [4.78, 5) is 19.3. The number of carbonyl (C=O) groups excluding carboxylic acids is 1. The van der Waals surface area contributed by atoms with Gasteiger partial charge in [0.1, 0.15) is 5.76 Å². The van der Waals surface area contributed by atoms with Crippen LogP contribution in [0.1, 0.15) is 35.7 Å². The maximum Gasteiger partial charge on any atom is 0.241 e. The van der Waals surface area contributed by atoms with Gasteiger partial charge in [-0.3, -0.25) is 4.79 Å². The van der Waals surface area contributed by atoms with Crippen molar-refractivity contribution in [1.82, 2.24) is 20.7 Å². The Morgan fingerprint density at radius 3 is 2.67 bits per heavy atom. The molecular weight excluding hydrogens is 477 g/mol. The molecule has 0 spiro atoms. The molecule has 1 amide bonds. The van der Waals surface area contributed by atoms with Crippen LogP contribution in [0, 0.1) is 0 Å². The van der Waals surface area contributed by atoms with Crippen LogP contribution in [-0.2, 0) is 30.7 Å². The molecule has 0 aliphatic heterocycles. The van der Waals surface area contributed by atoms with E-state index in [1.807, 2.05) is 18.4 Å². The second-order valence-corrected chi connectivity index (χ2v) is 7.01. The summed E-state index contributed by atoms with van der Waals surface area (Å²) in [5, 5.41) is 12.5. The van der Waals surface area contributed by atoms with Crippen LogP contribution in [0.2, 0.25) is 0 Å². The summed E-state index contributed by atoms with van der Waals surface area (Å²) in [6.07, 6.45) is 1.58. The van der Waals surface area contributed by atoms with Crippen molar-refractivity contribution in [2.45, 2.75) is 39.8 Å². The van der Waals surface area contributed by atoms with Crippen molar-refractivity contribution in [2.24, 2.45) is 4.99 Å². The third kappa shape index (κ3) is 7.13. The van der Waals surface area contributed by atoms with Gasteiger partial charge in [0.25, 0.3) is 0 Å². The Morgan fingerprint density at radius 2 is 2.07 bits per heavy atom. The first-order valence-electron chi connectivity index (χ1n) is 8.76. The van der Waals surface area contributed by atoms with E-state index in [9.17, 15) is 4.79 Å². The molecule has 27 heavy (non-hydrogen) atoms. The first-order chi connectivity index (χ1) is 12.5. The number of aliphatic imine (C=N–C) groups is 1. The second kappa shape index (κ2) is 12.0. The summed E-state index contributed by atoms with van der Waals surface area (Å²) < 4.78 is 5.40. The molecule has 2 rings (SSSR count). The van der Waals surface area contributed by atoms with Crippen molar-refractivity contribution >= 4 is 47.2 Å². The van der Waals surface area contributed by atoms with Crippen molar-refractivity contribution < 1.29 is 9.32 Å². The van der Waals surface area contributed by atoms with Gasteiger partial charge in [0, 0.05) is 31.0 Å². The highest BCUT2D eigenvalue weighted by atomic mass is 127. The number of amides is 1. The zero-order valence-electron chi connectivity index (χ0n) is 16.2. The number of hydrogen-bond acceptors (Lipinski definition) is 5. The molecule has 0 saturated heterocycles. The molecule has 0 aliphatic rings. The molecule has 150 valence electrons. The van der Waals surface area contributed by atoms with E-state index >= 15 is 0 Å². The largest absolute Gasteiger partial charge is 0.361 e. The predicted molar refractivity (Wildman–Crippen MR) is 120 cm³/mol. The van der Waals surface area contributed by atoms with E-state index in [0.717, 1.165) is 29.9 Å². The zero-order valence-corrected chi connectivity index (χ0v) is 19.4. The minimum absolute atomic E-state index is 0. The summed E-state index contributed by atoms with van der Waals surface area (Å²) in [5.41, 5.74) is 1.97. The number of likely N-dealkylation sites (N-methyl/N-ethyl adjacent to an activating group) is 1. The number of nitrogens with one attached hydrogen (secondary N) is 2. The molecule has 0 saturated carbocycles. The van der Waals surface area contributed by atoms with Crippen molar-refractivity contribution in [3.05, 3.63) is 39.4 Å². The highest BCUT2D eigenvalue weighted by molar-refractivity contribution is 14.0. The van der Waals surface area contributed by atoms with Gasteiger partial charge >= 0.3 is 0 Å². The number of rotatable bonds is 8. The lowest BCUT2D eigenvalue weighted by Crippen LogP contribution is -2.42. The zero-order chi connectivity index (χ0) is 18.9. The number of hydrogen-bond donors (Lipinski definition) is 2. The lowest BCUT2D eigenvalue weighted by molar-refractivity contribution is -0.127. The summed E-state index contributed by atoms with van der Waals surface area (Å²) in [5.74, 6) is 1.45. The number of halogens is 1. The van der Waals surface area contributed by atoms with Crippen molar-refractivity contribution in [3.8, 4) is 0 Å². The average Bonchev–Trinajstić information content (AvgIpc) is 3.29. The normalized spacial score (nSPS) is 11.0. The molecule has 0 bridgehead atoms. The molecule has 0 aromatic carbocycles. The van der Waals surface area contributed by atoms with E-state index in [1.54, 1.807) is 30.3 Å². The van der Waals surface area contributed by atoms with E-state index in [1.165, 1.54) is 4.88 Å². The smallest absolute Gasteiger partial charge is 0.241 e. The molecule has 2 heterocycles. The Hall–Kier alpha value is -1.62. The number of carbonyl (C=O) groups is 1. The standard InChI is InChI=1S/C18H27N5O2S.HI/c1-5-15-14(16(6-2)25-22-15)11-20-18(21-12-17(24)23(3)4)19-10-13-8-7-9-26-13;/h7-9H,5-6,10-12H2,1-4H3,(H2,19,20,21);1H. The van der Waals surface area contributed by atoms with E-state index in [0.29, 0.717) is 19.0 Å². The van der Waals surface area contributed by atoms with E-state index in [-0.39, 0.29) is 36.4 Å². The maximum absolute atomic E-state index is 11.9. The fourth-order valence-corrected chi connectivity index (χ4v) is 3.00. The van der Waals surface area contributed by atoms with Gasteiger partial charge in [-0.25, -0.2) is 4.99 Å². The third-order valence-corrected chi connectivity index (χ3v) is 4.79. The molecule has 2 aromatic rings. The van der Waals surface area contributed by atoms with Crippen LogP contribution in [0.3, 0.4) is 0 Å². The molecule has 0 fully saturated rings. The van der Waals surface area contributed by atoms with Gasteiger partial charge in [-0.05, 0) is 17.9 Å². The molecule has 2 aromatic heterocycles. The molecular formula is C18H28IN5O2S. The first-order valence-corrected chi connectivity index (χ1v) is 9.64. The summed E-state index contributed by atoms with van der Waals surface area (Å²) >= 11 is 1.68. The van der Waals surface area contributed by atoms with Crippen LogP contribution in [-0.4, -0.2) is 42.6 Å². The van der Waals surface area contributed by atoms with Crippen LogP contribution in [0.15, 0.2) is 27.0 Å². The molecule has 9 heteroatoms. The van der Waals surface area contributed by atoms with Gasteiger partial charge < -0.3 is 20.1 Å². The predicted octanol–water partition coefficient (Wildman–Crippen LogP) is 2.80. The minimum Gasteiger partial charge on any atom is -0.361 e. The van der Waals surface area contributed by atoms with Gasteiger partial charge in [-0.2, -0.15) is 0 Å². The van der Waals surface area contributed by atoms with Gasteiger partial charge in [-0.1, -0.05) is 25.1 Å². The van der Waals surface area contributed by atoms with Crippen molar-refractivity contribution in [3.63, 3.8) is 0 Å². The number of guanidine groups is 1. The Balaban J connectivity index is 0.00000364. The van der Waals surface area contributed by atoms with Crippen LogP contribution in [0.25, 0.3) is 0 Å². The topological polar surface area (TPSA) is 82.8 Å². The highest BCUT2D eigenvalue weighted by Gasteiger charge is 2.13. The lowest BCUT2D eigenvalue weighted by atomic mass is 10.1. The Labute approximate surface area is 181 Å². The van der Waals surface area contributed by atoms with E-state index < -0.39 is 0 Å². The SMILES string of the molecule is CCc1noc(CC)c1CN=C(NCC(=O)N(C)C)NCc1cccs1.I. The van der Waals surface area contributed by atoms with Gasteiger partial charge in [0.2, 0.25) is 5.91 Å². The first kappa shape index (κ1) is 23.4. The Kier molecular flexibility index (Phi) is 10.4. The van der Waals surface area contributed by atoms with E-state index in [2.05, 4.69) is 33.8 Å². The van der Waals surface area contributed by atoms with Crippen molar-refractivity contribution in [2.75, 3.05) is 20.6 Å². The van der Waals surface area contributed by atoms with Crippen LogP contribution in [0.5, 0.6) is 0 Å². The molecule has 0 radical (unpaired) electrons. The van der Waals surface area contributed by atoms with Crippen LogP contribution >= 0.6 is 35.3 Å².